The van der Waals surface area contributed by atoms with Crippen molar-refractivity contribution in [3.63, 3.8) is 0 Å². The van der Waals surface area contributed by atoms with Crippen LogP contribution < -0.4 is 14.9 Å². The first-order valence-electron chi connectivity index (χ1n) is 3.79. The normalized spacial score (nSPS) is 24.5. The highest BCUT2D eigenvalue weighted by molar-refractivity contribution is 6.45. The SMILES string of the molecule is CC1(F)Oc2ccc([B]O)cc2O1. The van der Waals surface area contributed by atoms with Crippen molar-refractivity contribution < 1.29 is 18.9 Å². The third-order valence-electron chi connectivity index (χ3n) is 1.70. The molecule has 1 N–H and O–H groups in total. The predicted octanol–water partition coefficient (Wildman–Crippen LogP) is 0.338. The molecule has 67 valence electrons. The number of alkyl halides is 1. The Hall–Kier alpha value is -1.23. The Morgan fingerprint density at radius 1 is 1.38 bits per heavy atom. The van der Waals surface area contributed by atoms with Gasteiger partial charge in [-0.1, -0.05) is 6.07 Å². The third-order valence-corrected chi connectivity index (χ3v) is 1.70. The van der Waals surface area contributed by atoms with Gasteiger partial charge in [-0.15, -0.1) is 0 Å². The van der Waals surface area contributed by atoms with Gasteiger partial charge < -0.3 is 14.5 Å². The summed E-state index contributed by atoms with van der Waals surface area (Å²) in [6, 6.07) is 2.54. The molecular formula is C8H7BFO3. The zero-order valence-electron chi connectivity index (χ0n) is 6.95. The second-order valence-corrected chi connectivity index (χ2v) is 2.87. The molecule has 0 saturated carbocycles. The smallest absolute Gasteiger partial charge is 0.404 e. The summed E-state index contributed by atoms with van der Waals surface area (Å²) in [6.07, 6.45) is 0. The average molecular weight is 181 g/mol. The summed E-state index contributed by atoms with van der Waals surface area (Å²) >= 11 is 0. The molecule has 0 amide bonds. The van der Waals surface area contributed by atoms with E-state index in [0.29, 0.717) is 17.0 Å². The molecule has 0 spiro atoms. The van der Waals surface area contributed by atoms with Gasteiger partial charge in [-0.2, -0.15) is 4.39 Å². The lowest BCUT2D eigenvalue weighted by Gasteiger charge is -2.10. The lowest BCUT2D eigenvalue weighted by Crippen LogP contribution is -2.27. The fraction of sp³-hybridized carbons (Fsp3) is 0.250. The Kier molecular flexibility index (Phi) is 1.70. The molecule has 13 heavy (non-hydrogen) atoms. The number of ether oxygens (including phenoxy) is 2. The van der Waals surface area contributed by atoms with Crippen molar-refractivity contribution in [2.45, 2.75) is 13.0 Å². The second kappa shape index (κ2) is 2.63. The number of benzene rings is 1. The highest BCUT2D eigenvalue weighted by Crippen LogP contribution is 2.38. The Labute approximate surface area is 75.4 Å². The zero-order valence-corrected chi connectivity index (χ0v) is 6.95. The molecule has 1 heterocycles. The maximum atomic E-state index is 13.1. The van der Waals surface area contributed by atoms with E-state index >= 15 is 0 Å². The van der Waals surface area contributed by atoms with Crippen molar-refractivity contribution in [3.05, 3.63) is 18.2 Å². The fourth-order valence-corrected chi connectivity index (χ4v) is 1.18. The summed E-state index contributed by atoms with van der Waals surface area (Å²) in [7, 11) is 0.914. The molecule has 5 heteroatoms. The number of fused-ring (bicyclic) bond motifs is 1. The van der Waals surface area contributed by atoms with Crippen LogP contribution in [0, 0.1) is 0 Å². The van der Waals surface area contributed by atoms with Crippen LogP contribution in [-0.4, -0.2) is 18.5 Å². The van der Waals surface area contributed by atoms with E-state index in [4.69, 9.17) is 14.5 Å². The van der Waals surface area contributed by atoms with Gasteiger partial charge in [0, 0.05) is 6.92 Å². The lowest BCUT2D eigenvalue weighted by molar-refractivity contribution is -0.173. The second-order valence-electron chi connectivity index (χ2n) is 2.87. The summed E-state index contributed by atoms with van der Waals surface area (Å²) in [5.41, 5.74) is 0.542. The molecule has 1 atom stereocenters. The molecule has 0 fully saturated rings. The molecule has 0 bridgehead atoms. The monoisotopic (exact) mass is 181 g/mol. The van der Waals surface area contributed by atoms with Crippen LogP contribution in [0.15, 0.2) is 18.2 Å². The molecule has 0 saturated heterocycles. The molecule has 1 aliphatic rings. The first kappa shape index (κ1) is 8.38. The highest BCUT2D eigenvalue weighted by Gasteiger charge is 2.36. The van der Waals surface area contributed by atoms with Crippen LogP contribution in [0.2, 0.25) is 0 Å². The highest BCUT2D eigenvalue weighted by atomic mass is 19.2. The fourth-order valence-electron chi connectivity index (χ4n) is 1.18. The first-order valence-corrected chi connectivity index (χ1v) is 3.79. The number of rotatable bonds is 1. The van der Waals surface area contributed by atoms with Crippen LogP contribution in [0.4, 0.5) is 4.39 Å². The van der Waals surface area contributed by atoms with Gasteiger partial charge in [-0.25, -0.2) is 0 Å². The minimum Gasteiger partial charge on any atom is -0.450 e. The van der Waals surface area contributed by atoms with E-state index in [1.54, 1.807) is 12.1 Å². The van der Waals surface area contributed by atoms with Crippen molar-refractivity contribution in [1.82, 2.24) is 0 Å². The minimum atomic E-state index is -2.10. The topological polar surface area (TPSA) is 38.7 Å². The van der Waals surface area contributed by atoms with E-state index in [0.717, 1.165) is 7.48 Å². The molecule has 3 nitrogen and oxygen atoms in total. The van der Waals surface area contributed by atoms with Gasteiger partial charge in [0.25, 0.3) is 0 Å². The molecule has 1 unspecified atom stereocenters. The average Bonchev–Trinajstić information content (AvgIpc) is 2.36. The van der Waals surface area contributed by atoms with Gasteiger partial charge in [0.1, 0.15) is 0 Å². The van der Waals surface area contributed by atoms with Crippen molar-refractivity contribution in [1.29, 1.82) is 0 Å². The van der Waals surface area contributed by atoms with Gasteiger partial charge in [0.15, 0.2) is 11.5 Å². The summed E-state index contributed by atoms with van der Waals surface area (Å²) in [5, 5.41) is 8.68. The molecular weight excluding hydrogens is 174 g/mol. The molecule has 0 aromatic heterocycles. The Bertz CT molecular complexity index is 340. The number of hydrogen-bond donors (Lipinski definition) is 1. The van der Waals surface area contributed by atoms with E-state index in [1.807, 2.05) is 0 Å². The van der Waals surface area contributed by atoms with E-state index in [9.17, 15) is 4.39 Å². The summed E-state index contributed by atoms with van der Waals surface area (Å²) in [4.78, 5) is 0. The van der Waals surface area contributed by atoms with Crippen LogP contribution in [0.5, 0.6) is 11.5 Å². The van der Waals surface area contributed by atoms with E-state index in [1.165, 1.54) is 13.0 Å². The van der Waals surface area contributed by atoms with Crippen LogP contribution in [0.1, 0.15) is 6.92 Å². The van der Waals surface area contributed by atoms with E-state index in [-0.39, 0.29) is 0 Å². The maximum Gasteiger partial charge on any atom is 0.404 e. The molecule has 0 aliphatic carbocycles. The number of hydrogen-bond acceptors (Lipinski definition) is 3. The summed E-state index contributed by atoms with van der Waals surface area (Å²) in [6.45, 7) is 1.18. The van der Waals surface area contributed by atoms with Gasteiger partial charge in [-0.3, -0.25) is 0 Å². The van der Waals surface area contributed by atoms with Gasteiger partial charge in [-0.05, 0) is 17.6 Å². The third kappa shape index (κ3) is 1.47. The minimum absolute atomic E-state index is 0.299. The van der Waals surface area contributed by atoms with Gasteiger partial charge in [0.05, 0.1) is 0 Å². The number of halogens is 1. The van der Waals surface area contributed by atoms with Crippen LogP contribution >= 0.6 is 0 Å². The predicted molar refractivity (Wildman–Crippen MR) is 44.8 cm³/mol. The van der Waals surface area contributed by atoms with Crippen LogP contribution in [-0.2, 0) is 0 Å². The largest absolute Gasteiger partial charge is 0.450 e. The van der Waals surface area contributed by atoms with Crippen LogP contribution in [0.3, 0.4) is 0 Å². The van der Waals surface area contributed by atoms with Crippen LogP contribution in [0.25, 0.3) is 0 Å². The molecule has 1 aromatic carbocycles. The maximum absolute atomic E-state index is 13.1. The van der Waals surface area contributed by atoms with Gasteiger partial charge in [0.2, 0.25) is 0 Å². The lowest BCUT2D eigenvalue weighted by atomic mass is 9.89. The van der Waals surface area contributed by atoms with Gasteiger partial charge >= 0.3 is 13.5 Å². The first-order chi connectivity index (χ1) is 6.11. The summed E-state index contributed by atoms with van der Waals surface area (Å²) in [5.74, 6) is 0.642. The van der Waals surface area contributed by atoms with E-state index < -0.39 is 6.04 Å². The van der Waals surface area contributed by atoms with Crippen molar-refractivity contribution in [2.75, 3.05) is 0 Å². The molecule has 1 aromatic rings. The Balaban J connectivity index is 2.36. The zero-order chi connectivity index (χ0) is 9.47. The van der Waals surface area contributed by atoms with Crippen molar-refractivity contribution in [3.8, 4) is 11.5 Å². The van der Waals surface area contributed by atoms with Crippen molar-refractivity contribution in [2.24, 2.45) is 0 Å². The summed E-state index contributed by atoms with van der Waals surface area (Å²) < 4.78 is 22.7. The standard InChI is InChI=1S/C8H7BFO3/c1-8(10)12-6-3-2-5(9-11)4-7(6)13-8/h2-4,11H,1H3. The molecule has 2 rings (SSSR count). The quantitative estimate of drug-likeness (QED) is 0.634. The van der Waals surface area contributed by atoms with E-state index in [2.05, 4.69) is 0 Å². The molecule has 1 radical (unpaired) electrons. The Morgan fingerprint density at radius 2 is 2.08 bits per heavy atom. The Morgan fingerprint density at radius 3 is 2.77 bits per heavy atom. The molecule has 1 aliphatic heterocycles. The van der Waals surface area contributed by atoms with Crippen molar-refractivity contribution >= 4 is 12.9 Å².